The third-order valence-corrected chi connectivity index (χ3v) is 3.71. The molecule has 2 rings (SSSR count). The summed E-state index contributed by atoms with van der Waals surface area (Å²) in [4.78, 5) is 13.9. The van der Waals surface area contributed by atoms with E-state index in [1.165, 1.54) is 0 Å². The molecule has 1 aliphatic heterocycles. The van der Waals surface area contributed by atoms with Crippen LogP contribution in [0.15, 0.2) is 22.8 Å². The maximum Gasteiger partial charge on any atom is 0.317 e. The first-order valence-electron chi connectivity index (χ1n) is 7.44. The van der Waals surface area contributed by atoms with Crippen molar-refractivity contribution in [3.05, 3.63) is 24.2 Å². The van der Waals surface area contributed by atoms with Gasteiger partial charge in [0.25, 0.3) is 0 Å². The summed E-state index contributed by atoms with van der Waals surface area (Å²) in [5, 5.41) is 2.93. The maximum atomic E-state index is 12.1. The van der Waals surface area contributed by atoms with Crippen LogP contribution < -0.4 is 5.32 Å². The van der Waals surface area contributed by atoms with E-state index < -0.39 is 0 Å². The molecule has 21 heavy (non-hydrogen) atoms. The molecule has 2 heterocycles. The first-order valence-corrected chi connectivity index (χ1v) is 7.44. The number of rotatable bonds is 6. The van der Waals surface area contributed by atoms with Crippen LogP contribution in [0.1, 0.15) is 26.0 Å². The Bertz CT molecular complexity index is 421. The zero-order valence-electron chi connectivity index (χ0n) is 12.7. The number of carbonyl (C=O) groups excluding carboxylic acids is 1. The van der Waals surface area contributed by atoms with Crippen LogP contribution >= 0.6 is 0 Å². The van der Waals surface area contributed by atoms with Gasteiger partial charge >= 0.3 is 6.03 Å². The normalized spacial score (nSPS) is 22.3. The minimum atomic E-state index is -0.0244. The van der Waals surface area contributed by atoms with E-state index in [-0.39, 0.29) is 18.2 Å². The summed E-state index contributed by atoms with van der Waals surface area (Å²) in [6.07, 6.45) is 2.49. The second-order valence-corrected chi connectivity index (χ2v) is 5.23. The van der Waals surface area contributed by atoms with E-state index in [2.05, 4.69) is 5.32 Å². The number of hydrogen-bond donors (Lipinski definition) is 1. The van der Waals surface area contributed by atoms with E-state index in [4.69, 9.17) is 13.9 Å². The number of carbonyl (C=O) groups is 1. The van der Waals surface area contributed by atoms with Gasteiger partial charge in [-0.2, -0.15) is 0 Å². The standard InChI is InChI=1S/C15H24N2O4/c1-12-13(2)20-10-7-17(12)15(18)16-6-4-8-19-11-14-5-3-9-21-14/h3,5,9,12-13H,4,6-8,10-11H2,1-2H3,(H,16,18)/t12-,13-/m1/s1. The summed E-state index contributed by atoms with van der Waals surface area (Å²) in [5.41, 5.74) is 0. The zero-order valence-corrected chi connectivity index (χ0v) is 12.7. The SMILES string of the molecule is C[C@@H]1[C@@H](C)OCCN1C(=O)NCCCOCc1ccco1. The Labute approximate surface area is 125 Å². The molecule has 118 valence electrons. The fraction of sp³-hybridized carbons (Fsp3) is 0.667. The quantitative estimate of drug-likeness (QED) is 0.816. The number of nitrogens with one attached hydrogen (secondary N) is 1. The number of urea groups is 1. The van der Waals surface area contributed by atoms with Crippen molar-refractivity contribution in [2.24, 2.45) is 0 Å². The average Bonchev–Trinajstić information content (AvgIpc) is 2.98. The molecule has 0 saturated carbocycles. The molecule has 1 aliphatic rings. The zero-order chi connectivity index (χ0) is 15.1. The average molecular weight is 296 g/mol. The Kier molecular flexibility index (Phi) is 6.07. The van der Waals surface area contributed by atoms with Crippen molar-refractivity contribution in [3.63, 3.8) is 0 Å². The van der Waals surface area contributed by atoms with Gasteiger partial charge in [-0.1, -0.05) is 0 Å². The summed E-state index contributed by atoms with van der Waals surface area (Å²) in [6.45, 7) is 6.92. The summed E-state index contributed by atoms with van der Waals surface area (Å²) < 4.78 is 16.1. The van der Waals surface area contributed by atoms with Gasteiger partial charge in [-0.05, 0) is 32.4 Å². The Morgan fingerprint density at radius 3 is 3.14 bits per heavy atom. The summed E-state index contributed by atoms with van der Waals surface area (Å²) >= 11 is 0. The first-order chi connectivity index (χ1) is 10.2. The number of nitrogens with zero attached hydrogens (tertiary/aromatic N) is 1. The Balaban J connectivity index is 1.56. The van der Waals surface area contributed by atoms with E-state index in [1.807, 2.05) is 30.9 Å². The molecule has 0 unspecified atom stereocenters. The topological polar surface area (TPSA) is 63.9 Å². The van der Waals surface area contributed by atoms with Gasteiger partial charge < -0.3 is 24.1 Å². The minimum Gasteiger partial charge on any atom is -0.467 e. The van der Waals surface area contributed by atoms with Crippen LogP contribution in [0.3, 0.4) is 0 Å². The smallest absolute Gasteiger partial charge is 0.317 e. The van der Waals surface area contributed by atoms with E-state index >= 15 is 0 Å². The fourth-order valence-corrected chi connectivity index (χ4v) is 2.26. The lowest BCUT2D eigenvalue weighted by Crippen LogP contribution is -2.54. The van der Waals surface area contributed by atoms with Gasteiger partial charge in [-0.15, -0.1) is 0 Å². The summed E-state index contributed by atoms with van der Waals surface area (Å²) in [5.74, 6) is 0.815. The van der Waals surface area contributed by atoms with Crippen LogP contribution in [0, 0.1) is 0 Å². The van der Waals surface area contributed by atoms with Crippen molar-refractivity contribution in [3.8, 4) is 0 Å². The highest BCUT2D eigenvalue weighted by atomic mass is 16.5. The first kappa shape index (κ1) is 15.9. The van der Waals surface area contributed by atoms with Gasteiger partial charge in [0.1, 0.15) is 12.4 Å². The third-order valence-electron chi connectivity index (χ3n) is 3.71. The molecular weight excluding hydrogens is 272 g/mol. The minimum absolute atomic E-state index is 0.0244. The summed E-state index contributed by atoms with van der Waals surface area (Å²) in [7, 11) is 0. The van der Waals surface area contributed by atoms with Crippen molar-refractivity contribution in [2.75, 3.05) is 26.3 Å². The van der Waals surface area contributed by atoms with Crippen LogP contribution in [0.2, 0.25) is 0 Å². The highest BCUT2D eigenvalue weighted by molar-refractivity contribution is 5.74. The highest BCUT2D eigenvalue weighted by Crippen LogP contribution is 2.13. The largest absolute Gasteiger partial charge is 0.467 e. The lowest BCUT2D eigenvalue weighted by atomic mass is 10.1. The Hall–Kier alpha value is -1.53. The molecule has 2 atom stereocenters. The van der Waals surface area contributed by atoms with Crippen LogP contribution in [0.25, 0.3) is 0 Å². The van der Waals surface area contributed by atoms with Crippen molar-refractivity contribution in [1.82, 2.24) is 10.2 Å². The lowest BCUT2D eigenvalue weighted by Gasteiger charge is -2.37. The van der Waals surface area contributed by atoms with Gasteiger partial charge in [0.05, 0.1) is 25.0 Å². The molecule has 0 aromatic carbocycles. The molecule has 6 nitrogen and oxygen atoms in total. The molecule has 1 aromatic rings. The van der Waals surface area contributed by atoms with Crippen LogP contribution in [-0.2, 0) is 16.1 Å². The van der Waals surface area contributed by atoms with Gasteiger partial charge in [0, 0.05) is 19.7 Å². The second kappa shape index (κ2) is 8.05. The van der Waals surface area contributed by atoms with Crippen molar-refractivity contribution in [2.45, 2.75) is 39.0 Å². The summed E-state index contributed by atoms with van der Waals surface area (Å²) in [6, 6.07) is 3.80. The number of hydrogen-bond acceptors (Lipinski definition) is 4. The van der Waals surface area contributed by atoms with Crippen LogP contribution in [0.5, 0.6) is 0 Å². The molecule has 1 aromatic heterocycles. The molecule has 2 amide bonds. The second-order valence-electron chi connectivity index (χ2n) is 5.23. The Morgan fingerprint density at radius 2 is 2.38 bits per heavy atom. The van der Waals surface area contributed by atoms with Crippen LogP contribution in [-0.4, -0.2) is 49.4 Å². The number of amides is 2. The molecule has 0 radical (unpaired) electrons. The van der Waals surface area contributed by atoms with E-state index in [9.17, 15) is 4.79 Å². The highest BCUT2D eigenvalue weighted by Gasteiger charge is 2.28. The van der Waals surface area contributed by atoms with Crippen LogP contribution in [0.4, 0.5) is 4.79 Å². The number of morpholine rings is 1. The number of furan rings is 1. The van der Waals surface area contributed by atoms with Gasteiger partial charge in [-0.3, -0.25) is 0 Å². The van der Waals surface area contributed by atoms with Crippen molar-refractivity contribution < 1.29 is 18.7 Å². The Morgan fingerprint density at radius 1 is 1.52 bits per heavy atom. The monoisotopic (exact) mass is 296 g/mol. The van der Waals surface area contributed by atoms with E-state index in [0.29, 0.717) is 32.9 Å². The number of ether oxygens (including phenoxy) is 2. The molecule has 1 saturated heterocycles. The molecule has 1 fully saturated rings. The van der Waals surface area contributed by atoms with Gasteiger partial charge in [0.15, 0.2) is 0 Å². The maximum absolute atomic E-state index is 12.1. The predicted molar refractivity (Wildman–Crippen MR) is 78.0 cm³/mol. The molecule has 0 bridgehead atoms. The third kappa shape index (κ3) is 4.75. The lowest BCUT2D eigenvalue weighted by molar-refractivity contribution is -0.0376. The predicted octanol–water partition coefficient (Wildman–Crippen LogP) is 2.01. The molecular formula is C15H24N2O4. The molecule has 1 N–H and O–H groups in total. The van der Waals surface area contributed by atoms with Gasteiger partial charge in [-0.25, -0.2) is 4.79 Å². The van der Waals surface area contributed by atoms with Gasteiger partial charge in [0.2, 0.25) is 0 Å². The fourth-order valence-electron chi connectivity index (χ4n) is 2.26. The van der Waals surface area contributed by atoms with E-state index in [1.54, 1.807) is 6.26 Å². The molecule has 6 heteroatoms. The molecule has 0 aliphatic carbocycles. The van der Waals surface area contributed by atoms with Crippen molar-refractivity contribution >= 4 is 6.03 Å². The van der Waals surface area contributed by atoms with Crippen molar-refractivity contribution in [1.29, 1.82) is 0 Å². The van der Waals surface area contributed by atoms with E-state index in [0.717, 1.165) is 12.2 Å². The molecule has 0 spiro atoms.